The summed E-state index contributed by atoms with van der Waals surface area (Å²) in [5, 5.41) is 7.27. The van der Waals surface area contributed by atoms with Crippen LogP contribution in [0.3, 0.4) is 0 Å². The highest BCUT2D eigenvalue weighted by Gasteiger charge is 2.37. The van der Waals surface area contributed by atoms with E-state index < -0.39 is 40.9 Å². The lowest BCUT2D eigenvalue weighted by atomic mass is 9.87. The number of urea groups is 1. The average Bonchev–Trinajstić information content (AvgIpc) is 2.79. The molecule has 7 nitrogen and oxygen atoms in total. The summed E-state index contributed by atoms with van der Waals surface area (Å²) < 4.78 is 56.0. The van der Waals surface area contributed by atoms with E-state index >= 15 is 0 Å². The monoisotopic (exact) mass is 523 g/mol. The first-order valence-electron chi connectivity index (χ1n) is 10.7. The molecule has 2 aromatic carbocycles. The summed E-state index contributed by atoms with van der Waals surface area (Å²) in [5.74, 6) is -4.13. The number of benzene rings is 2. The number of amides is 3. The number of aliphatic imine (C=N–C) groups is 1. The predicted octanol–water partition coefficient (Wildman–Crippen LogP) is 4.68. The largest absolute Gasteiger partial charge is 0.373 e. The minimum atomic E-state index is -1.10. The molecule has 0 spiro atoms. The van der Waals surface area contributed by atoms with E-state index in [1.807, 2.05) is 0 Å². The van der Waals surface area contributed by atoms with Gasteiger partial charge in [-0.3, -0.25) is 4.79 Å². The maximum atomic E-state index is 14.8. The summed E-state index contributed by atoms with van der Waals surface area (Å²) in [7, 11) is 1.70. The molecule has 190 valence electrons. The van der Waals surface area contributed by atoms with E-state index in [1.165, 1.54) is 0 Å². The molecule has 2 aromatic rings. The standard InChI is InChI=1S/C24H21F4N5O2.ClH/c1-3-33-21-10-22(29-2)30-11-12(21)4-17(23(33)34)16-8-20(19(28)9-18(16)27)32-24(35)31-15-6-13(25)5-14(26)7-15;/h4-12,21,29H,3H2,1-2H3,(H2,31,32,35);1H. The molecule has 2 unspecified atom stereocenters. The van der Waals surface area contributed by atoms with Gasteiger partial charge < -0.3 is 20.9 Å². The Morgan fingerprint density at radius 2 is 1.69 bits per heavy atom. The van der Waals surface area contributed by atoms with Crippen molar-refractivity contribution in [3.63, 3.8) is 0 Å². The second-order valence-corrected chi connectivity index (χ2v) is 7.87. The molecule has 2 heterocycles. The fourth-order valence-corrected chi connectivity index (χ4v) is 4.03. The molecule has 0 fully saturated rings. The third-order valence-electron chi connectivity index (χ3n) is 5.63. The zero-order valence-electron chi connectivity index (χ0n) is 19.1. The van der Waals surface area contributed by atoms with Crippen LogP contribution in [0.2, 0.25) is 0 Å². The highest BCUT2D eigenvalue weighted by atomic mass is 35.5. The van der Waals surface area contributed by atoms with Crippen molar-refractivity contribution in [1.29, 1.82) is 0 Å². The van der Waals surface area contributed by atoms with E-state index in [-0.39, 0.29) is 41.2 Å². The van der Waals surface area contributed by atoms with Crippen molar-refractivity contribution >= 4 is 47.5 Å². The number of carbonyl (C=O) groups excluding carboxylic acids is 2. The van der Waals surface area contributed by atoms with Crippen molar-refractivity contribution in [3.8, 4) is 0 Å². The normalized spacial score (nSPS) is 18.5. The molecule has 2 aliphatic heterocycles. The van der Waals surface area contributed by atoms with Crippen molar-refractivity contribution in [2.24, 2.45) is 10.9 Å². The van der Waals surface area contributed by atoms with Crippen LogP contribution in [0.4, 0.5) is 33.7 Å². The van der Waals surface area contributed by atoms with Gasteiger partial charge in [0.05, 0.1) is 11.7 Å². The first kappa shape index (κ1) is 26.7. The highest BCUT2D eigenvalue weighted by molar-refractivity contribution is 6.21. The first-order chi connectivity index (χ1) is 16.7. The van der Waals surface area contributed by atoms with Crippen LogP contribution in [0.15, 0.2) is 53.3 Å². The number of hydrogen-bond acceptors (Lipinski definition) is 4. The molecule has 4 rings (SSSR count). The number of carbonyl (C=O) groups is 2. The Morgan fingerprint density at radius 3 is 2.33 bits per heavy atom. The molecule has 0 radical (unpaired) electrons. The smallest absolute Gasteiger partial charge is 0.323 e. The summed E-state index contributed by atoms with van der Waals surface area (Å²) in [6.45, 7) is 2.11. The molecule has 2 atom stereocenters. The molecular weight excluding hydrogens is 502 g/mol. The Hall–Kier alpha value is -3.86. The van der Waals surface area contributed by atoms with Crippen LogP contribution in [0.5, 0.6) is 0 Å². The molecule has 2 aliphatic rings. The number of hydrogen-bond donors (Lipinski definition) is 3. The fraction of sp³-hybridized carbons (Fsp3) is 0.208. The Labute approximate surface area is 210 Å². The minimum absolute atomic E-state index is 0. The number of nitrogens with one attached hydrogen (secondary N) is 3. The topological polar surface area (TPSA) is 85.8 Å². The highest BCUT2D eigenvalue weighted by Crippen LogP contribution is 2.34. The van der Waals surface area contributed by atoms with Crippen LogP contribution in [-0.4, -0.2) is 42.7 Å². The molecular formula is C24H22ClF4N5O2. The van der Waals surface area contributed by atoms with Crippen molar-refractivity contribution in [1.82, 2.24) is 10.2 Å². The van der Waals surface area contributed by atoms with E-state index in [0.717, 1.165) is 18.2 Å². The minimum Gasteiger partial charge on any atom is -0.373 e. The van der Waals surface area contributed by atoms with Crippen molar-refractivity contribution in [2.45, 2.75) is 13.0 Å². The summed E-state index contributed by atoms with van der Waals surface area (Å²) in [6, 6.07) is 2.58. The van der Waals surface area contributed by atoms with Crippen LogP contribution >= 0.6 is 12.4 Å². The van der Waals surface area contributed by atoms with Gasteiger partial charge in [0.2, 0.25) is 0 Å². The maximum Gasteiger partial charge on any atom is 0.323 e. The second-order valence-electron chi connectivity index (χ2n) is 7.87. The van der Waals surface area contributed by atoms with E-state index in [0.29, 0.717) is 24.5 Å². The number of likely N-dealkylation sites (N-methyl/N-ethyl adjacent to an activating group) is 1. The van der Waals surface area contributed by atoms with Crippen LogP contribution in [-0.2, 0) is 4.79 Å². The molecule has 0 bridgehead atoms. The lowest BCUT2D eigenvalue weighted by Gasteiger charge is -2.38. The van der Waals surface area contributed by atoms with Gasteiger partial charge in [-0.1, -0.05) is 6.08 Å². The molecule has 0 saturated carbocycles. The van der Waals surface area contributed by atoms with Crippen molar-refractivity contribution in [3.05, 3.63) is 77.1 Å². The zero-order valence-corrected chi connectivity index (χ0v) is 19.9. The van der Waals surface area contributed by atoms with E-state index in [9.17, 15) is 27.2 Å². The van der Waals surface area contributed by atoms with Gasteiger partial charge in [0.25, 0.3) is 5.91 Å². The van der Waals surface area contributed by atoms with Crippen LogP contribution in [0.1, 0.15) is 12.5 Å². The third-order valence-corrected chi connectivity index (χ3v) is 5.63. The SMILES string of the molecule is CCN1C(=O)C(c2cc(NC(=O)Nc3cc(F)cc(F)c3)c(F)cc2F)=CC2C=NC(NC)=CC21.Cl. The fourth-order valence-electron chi connectivity index (χ4n) is 4.03. The number of halogens is 5. The van der Waals surface area contributed by atoms with E-state index in [1.54, 1.807) is 37.2 Å². The summed E-state index contributed by atoms with van der Waals surface area (Å²) in [6.07, 6.45) is 4.99. The van der Waals surface area contributed by atoms with Gasteiger partial charge in [-0.25, -0.2) is 27.3 Å². The maximum absolute atomic E-state index is 14.8. The predicted molar refractivity (Wildman–Crippen MR) is 131 cm³/mol. The van der Waals surface area contributed by atoms with Gasteiger partial charge in [0, 0.05) is 54.7 Å². The van der Waals surface area contributed by atoms with Crippen molar-refractivity contribution < 1.29 is 27.2 Å². The Morgan fingerprint density at radius 1 is 1.00 bits per heavy atom. The Kier molecular flexibility index (Phi) is 8.03. The lowest BCUT2D eigenvalue weighted by Crippen LogP contribution is -2.48. The number of nitrogens with zero attached hydrogens (tertiary/aromatic N) is 2. The molecule has 3 N–H and O–H groups in total. The molecule has 3 amide bonds. The van der Waals surface area contributed by atoms with Crippen LogP contribution < -0.4 is 16.0 Å². The molecule has 12 heteroatoms. The second kappa shape index (κ2) is 10.8. The van der Waals surface area contributed by atoms with Crippen molar-refractivity contribution in [2.75, 3.05) is 24.2 Å². The summed E-state index contributed by atoms with van der Waals surface area (Å²) in [5.41, 5.74) is -0.848. The van der Waals surface area contributed by atoms with E-state index in [4.69, 9.17) is 0 Å². The summed E-state index contributed by atoms with van der Waals surface area (Å²) in [4.78, 5) is 31.3. The first-order valence-corrected chi connectivity index (χ1v) is 10.7. The van der Waals surface area contributed by atoms with E-state index in [2.05, 4.69) is 20.9 Å². The van der Waals surface area contributed by atoms with Gasteiger partial charge in [-0.15, -0.1) is 12.4 Å². The van der Waals surface area contributed by atoms with Gasteiger partial charge >= 0.3 is 6.03 Å². The average molecular weight is 524 g/mol. The molecule has 0 aromatic heterocycles. The Balaban J connectivity index is 0.00000361. The third kappa shape index (κ3) is 5.35. The number of fused-ring (bicyclic) bond motifs is 1. The zero-order chi connectivity index (χ0) is 25.3. The molecule has 0 saturated heterocycles. The van der Waals surface area contributed by atoms with Crippen LogP contribution in [0, 0.1) is 29.2 Å². The molecule has 36 heavy (non-hydrogen) atoms. The number of anilines is 2. The molecule has 0 aliphatic carbocycles. The van der Waals surface area contributed by atoms with Gasteiger partial charge in [-0.2, -0.15) is 0 Å². The Bertz CT molecular complexity index is 1280. The van der Waals surface area contributed by atoms with Crippen LogP contribution in [0.25, 0.3) is 5.57 Å². The lowest BCUT2D eigenvalue weighted by molar-refractivity contribution is -0.127. The number of rotatable bonds is 5. The van der Waals surface area contributed by atoms with Gasteiger partial charge in [-0.05, 0) is 31.2 Å². The quantitative estimate of drug-likeness (QED) is 0.497. The summed E-state index contributed by atoms with van der Waals surface area (Å²) >= 11 is 0. The van der Waals surface area contributed by atoms with Gasteiger partial charge in [0.1, 0.15) is 29.1 Å². The van der Waals surface area contributed by atoms with Gasteiger partial charge in [0.15, 0.2) is 0 Å².